The second-order valence-electron chi connectivity index (χ2n) is 4.59. The molecule has 22 heavy (non-hydrogen) atoms. The fourth-order valence-electron chi connectivity index (χ4n) is 1.71. The van der Waals surface area contributed by atoms with Crippen molar-refractivity contribution in [3.63, 3.8) is 0 Å². The lowest BCUT2D eigenvalue weighted by molar-refractivity contribution is 0.596. The molecule has 0 unspecified atom stereocenters. The Morgan fingerprint density at radius 3 is 1.41 bits per heavy atom. The van der Waals surface area contributed by atoms with Crippen LogP contribution in [0.25, 0.3) is 0 Å². The summed E-state index contributed by atoms with van der Waals surface area (Å²) in [4.78, 5) is 0. The van der Waals surface area contributed by atoms with E-state index in [1.165, 1.54) is 0 Å². The fourth-order valence-corrected chi connectivity index (χ4v) is 1.71. The molecule has 6 heteroatoms. The van der Waals surface area contributed by atoms with E-state index in [0.717, 1.165) is 11.1 Å². The summed E-state index contributed by atoms with van der Waals surface area (Å²) in [5.74, 6) is 0. The molecule has 0 fully saturated rings. The Kier molecular flexibility index (Phi) is 7.13. The maximum absolute atomic E-state index is 4.05. The number of benzene rings is 2. The molecule has 0 amide bonds. The van der Waals surface area contributed by atoms with Crippen molar-refractivity contribution in [3.05, 3.63) is 71.8 Å². The Morgan fingerprint density at radius 1 is 0.591 bits per heavy atom. The van der Waals surface area contributed by atoms with E-state index in [4.69, 9.17) is 0 Å². The Labute approximate surface area is 130 Å². The molecule has 0 saturated carbocycles. The van der Waals surface area contributed by atoms with Gasteiger partial charge in [-0.1, -0.05) is 71.1 Å². The number of hydrogen-bond donors (Lipinski definition) is 2. The molecule has 0 spiro atoms. The van der Waals surface area contributed by atoms with E-state index in [1.807, 2.05) is 60.7 Å². The van der Waals surface area contributed by atoms with E-state index in [2.05, 4.69) is 31.5 Å². The van der Waals surface area contributed by atoms with Crippen molar-refractivity contribution in [3.8, 4) is 0 Å². The first-order valence-corrected chi connectivity index (χ1v) is 7.22. The molecule has 0 bridgehead atoms. The smallest absolute Gasteiger partial charge is 0.0870 e. The van der Waals surface area contributed by atoms with Crippen LogP contribution in [0.5, 0.6) is 0 Å². The molecule has 2 aromatic carbocycles. The Balaban J connectivity index is 1.49. The first-order chi connectivity index (χ1) is 10.9. The fraction of sp³-hybridized carbons (Fsp3) is 0.250. The summed E-state index contributed by atoms with van der Waals surface area (Å²) in [7, 11) is 0. The van der Waals surface area contributed by atoms with Crippen LogP contribution in [-0.2, 0) is 13.1 Å². The molecule has 2 N–H and O–H groups in total. The number of nitrogens with zero attached hydrogens (tertiary/aromatic N) is 4. The van der Waals surface area contributed by atoms with E-state index in [9.17, 15) is 0 Å². The Morgan fingerprint density at radius 2 is 1.00 bits per heavy atom. The van der Waals surface area contributed by atoms with E-state index < -0.39 is 0 Å². The van der Waals surface area contributed by atoms with Crippen LogP contribution in [0.1, 0.15) is 11.1 Å². The van der Waals surface area contributed by atoms with E-state index in [-0.39, 0.29) is 0 Å². The molecule has 2 rings (SSSR count). The van der Waals surface area contributed by atoms with Crippen LogP contribution in [0.4, 0.5) is 0 Å². The summed E-state index contributed by atoms with van der Waals surface area (Å²) in [5, 5.41) is 15.9. The van der Waals surface area contributed by atoms with Gasteiger partial charge in [-0.2, -0.15) is 10.2 Å². The molecule has 0 aromatic heterocycles. The molecule has 0 saturated heterocycles. The van der Waals surface area contributed by atoms with Crippen LogP contribution in [-0.4, -0.2) is 13.1 Å². The summed E-state index contributed by atoms with van der Waals surface area (Å²) in [5.41, 5.74) is 8.00. The third kappa shape index (κ3) is 6.60. The highest BCUT2D eigenvalue weighted by atomic mass is 15.4. The first-order valence-electron chi connectivity index (χ1n) is 7.22. The number of nitrogens with one attached hydrogen (secondary N) is 2. The molecular formula is C16H20N6. The van der Waals surface area contributed by atoms with E-state index in [1.54, 1.807) is 0 Å². The zero-order valence-corrected chi connectivity index (χ0v) is 12.4. The Hall–Kier alpha value is -2.76. The van der Waals surface area contributed by atoms with Gasteiger partial charge >= 0.3 is 0 Å². The van der Waals surface area contributed by atoms with Crippen molar-refractivity contribution in [2.75, 3.05) is 13.1 Å². The second-order valence-corrected chi connectivity index (χ2v) is 4.59. The third-order valence-electron chi connectivity index (χ3n) is 2.82. The van der Waals surface area contributed by atoms with E-state index >= 15 is 0 Å². The van der Waals surface area contributed by atoms with Gasteiger partial charge in [-0.3, -0.25) is 10.9 Å². The summed E-state index contributed by atoms with van der Waals surface area (Å²) >= 11 is 0. The van der Waals surface area contributed by atoms with Crippen molar-refractivity contribution >= 4 is 0 Å². The lowest BCUT2D eigenvalue weighted by Gasteiger charge is -1.99. The summed E-state index contributed by atoms with van der Waals surface area (Å²) in [6, 6.07) is 20.0. The van der Waals surface area contributed by atoms with Crippen molar-refractivity contribution in [2.24, 2.45) is 20.7 Å². The van der Waals surface area contributed by atoms with Gasteiger partial charge in [0.1, 0.15) is 0 Å². The molecule has 2 aromatic rings. The normalized spacial score (nSPS) is 11.1. The van der Waals surface area contributed by atoms with Gasteiger partial charge in [-0.05, 0) is 11.1 Å². The molecule has 0 aliphatic carbocycles. The van der Waals surface area contributed by atoms with Crippen LogP contribution in [0.3, 0.4) is 0 Å². The average Bonchev–Trinajstić information content (AvgIpc) is 2.58. The molecule has 0 heterocycles. The molecule has 0 atom stereocenters. The monoisotopic (exact) mass is 296 g/mol. The van der Waals surface area contributed by atoms with Gasteiger partial charge in [0.25, 0.3) is 0 Å². The van der Waals surface area contributed by atoms with Gasteiger partial charge in [0.2, 0.25) is 0 Å². The largest absolute Gasteiger partial charge is 0.290 e. The summed E-state index contributed by atoms with van der Waals surface area (Å²) in [6.45, 7) is 2.45. The van der Waals surface area contributed by atoms with E-state index in [0.29, 0.717) is 26.2 Å². The number of hydrogen-bond acceptors (Lipinski definition) is 4. The van der Waals surface area contributed by atoms with Gasteiger partial charge in [0.15, 0.2) is 0 Å². The van der Waals surface area contributed by atoms with Gasteiger partial charge < -0.3 is 0 Å². The minimum absolute atomic E-state index is 0.581. The summed E-state index contributed by atoms with van der Waals surface area (Å²) < 4.78 is 0. The molecular weight excluding hydrogens is 276 g/mol. The standard InChI is InChI=1S/C16H20N6/c1-3-7-15(8-4-1)13-19-21-17-11-12-18-22-20-14-16-9-5-2-6-10-16/h1-10H,11-14H2,(H,17,19)(H,18,20). The average molecular weight is 296 g/mol. The highest BCUT2D eigenvalue weighted by Crippen LogP contribution is 2.00. The lowest BCUT2D eigenvalue weighted by atomic mass is 10.2. The molecule has 0 radical (unpaired) electrons. The minimum Gasteiger partial charge on any atom is -0.290 e. The van der Waals surface area contributed by atoms with Crippen LogP contribution in [0.15, 0.2) is 81.3 Å². The maximum atomic E-state index is 4.05. The highest BCUT2D eigenvalue weighted by Gasteiger charge is 1.88. The number of rotatable bonds is 9. The highest BCUT2D eigenvalue weighted by molar-refractivity contribution is 5.14. The topological polar surface area (TPSA) is 73.5 Å². The van der Waals surface area contributed by atoms with Crippen molar-refractivity contribution in [2.45, 2.75) is 13.1 Å². The maximum Gasteiger partial charge on any atom is 0.0870 e. The predicted molar refractivity (Wildman–Crippen MR) is 86.0 cm³/mol. The third-order valence-corrected chi connectivity index (χ3v) is 2.82. The van der Waals surface area contributed by atoms with Gasteiger partial charge in [0, 0.05) is 0 Å². The second kappa shape index (κ2) is 10.0. The molecule has 6 nitrogen and oxygen atoms in total. The van der Waals surface area contributed by atoms with Crippen molar-refractivity contribution < 1.29 is 0 Å². The van der Waals surface area contributed by atoms with Gasteiger partial charge in [-0.15, -0.1) is 0 Å². The molecule has 0 aliphatic rings. The van der Waals surface area contributed by atoms with Gasteiger partial charge in [0.05, 0.1) is 26.2 Å². The summed E-state index contributed by atoms with van der Waals surface area (Å²) in [6.07, 6.45) is 0. The van der Waals surface area contributed by atoms with Gasteiger partial charge in [-0.25, -0.2) is 0 Å². The Bertz CT molecular complexity index is 514. The van der Waals surface area contributed by atoms with Crippen LogP contribution < -0.4 is 10.9 Å². The zero-order chi connectivity index (χ0) is 15.3. The predicted octanol–water partition coefficient (Wildman–Crippen LogP) is 3.30. The van der Waals surface area contributed by atoms with Crippen molar-refractivity contribution in [1.29, 1.82) is 0 Å². The first kappa shape index (κ1) is 15.6. The molecule has 0 aliphatic heterocycles. The lowest BCUT2D eigenvalue weighted by Crippen LogP contribution is -2.19. The van der Waals surface area contributed by atoms with Crippen LogP contribution in [0.2, 0.25) is 0 Å². The minimum atomic E-state index is 0.581. The van der Waals surface area contributed by atoms with Crippen molar-refractivity contribution in [1.82, 2.24) is 10.9 Å². The SMILES string of the molecule is c1ccc(CN=NNCCNN=NCc2ccccc2)cc1. The van der Waals surface area contributed by atoms with Crippen LogP contribution in [0, 0.1) is 0 Å². The quantitative estimate of drug-likeness (QED) is 0.423. The molecule has 114 valence electrons. The van der Waals surface area contributed by atoms with Crippen LogP contribution >= 0.6 is 0 Å². The zero-order valence-electron chi connectivity index (χ0n) is 12.4.